The summed E-state index contributed by atoms with van der Waals surface area (Å²) in [5.41, 5.74) is 33.1. The van der Waals surface area contributed by atoms with E-state index in [2.05, 4.69) is 419 Å². The van der Waals surface area contributed by atoms with Crippen LogP contribution in [0.15, 0.2) is 334 Å². The van der Waals surface area contributed by atoms with E-state index in [0.717, 1.165) is 90.0 Å². The first-order valence-corrected chi connectivity index (χ1v) is 38.2. The van der Waals surface area contributed by atoms with Gasteiger partial charge >= 0.3 is 0 Å². The van der Waals surface area contributed by atoms with Gasteiger partial charge in [0.05, 0.1) is 44.5 Å². The molecule has 0 amide bonds. The van der Waals surface area contributed by atoms with E-state index in [0.29, 0.717) is 0 Å². The molecule has 0 fully saturated rings. The van der Waals surface area contributed by atoms with Crippen molar-refractivity contribution in [3.05, 3.63) is 350 Å². The molecule has 0 saturated heterocycles. The van der Waals surface area contributed by atoms with E-state index in [1.165, 1.54) is 104 Å². The molecule has 5 heterocycles. The van der Waals surface area contributed by atoms with Gasteiger partial charge in [-0.15, -0.1) is 0 Å². The minimum Gasteiger partial charge on any atom is -0.310 e. The lowest BCUT2D eigenvalue weighted by Gasteiger charge is -2.47. The number of para-hydroxylation sites is 5. The monoisotopic (exact) mass is 1390 g/mol. The maximum Gasteiger partial charge on any atom is 0.252 e. The molecular formula is C102H82BN5. The molecule has 0 saturated carbocycles. The van der Waals surface area contributed by atoms with Crippen LogP contribution in [0.3, 0.4) is 0 Å². The largest absolute Gasteiger partial charge is 0.310 e. The third-order valence-electron chi connectivity index (χ3n) is 23.2. The molecule has 0 atom stereocenters. The van der Waals surface area contributed by atoms with Crippen LogP contribution < -0.4 is 26.2 Å². The van der Waals surface area contributed by atoms with Crippen molar-refractivity contribution in [2.24, 2.45) is 0 Å². The summed E-state index contributed by atoms with van der Waals surface area (Å²) in [7, 11) is 0. The third-order valence-corrected chi connectivity index (χ3v) is 23.2. The van der Waals surface area contributed by atoms with Crippen molar-refractivity contribution in [1.29, 1.82) is 0 Å². The van der Waals surface area contributed by atoms with Crippen molar-refractivity contribution in [3.63, 3.8) is 0 Å². The molecule has 20 rings (SSSR count). The highest BCUT2D eigenvalue weighted by Gasteiger charge is 2.47. The summed E-state index contributed by atoms with van der Waals surface area (Å²) in [5, 5.41) is 7.34. The molecule has 108 heavy (non-hydrogen) atoms. The van der Waals surface area contributed by atoms with Crippen LogP contribution in [0.5, 0.6) is 0 Å². The highest BCUT2D eigenvalue weighted by Crippen LogP contribution is 2.56. The molecule has 15 aromatic carbocycles. The SMILES string of the molecule is CC(C)(C)c1cc(-c2ccccc2)c(N2c3cc(-n4c5ccccc5c5ccccc54)ccc3B3c4ccc(-n5c6ccccc6c6cc7c8ccccc8n(-c8ccccc8)c7cc65)cc4N(c4c(-c5ccccc5)cc(C(C)(C)C)cc4-c4ccccc4)c4cc(C(C)(C)C)cc2c43)c(-c2ccccc2)c1. The van der Waals surface area contributed by atoms with Gasteiger partial charge in [-0.1, -0.05) is 287 Å². The summed E-state index contributed by atoms with van der Waals surface area (Å²) in [6, 6.07) is 127. The first kappa shape index (κ1) is 64.9. The van der Waals surface area contributed by atoms with E-state index in [-0.39, 0.29) is 23.0 Å². The average Bonchev–Trinajstić information content (AvgIpc) is 0.789. The molecular weight excluding hydrogens is 1310 g/mol. The molecule has 0 bridgehead atoms. The van der Waals surface area contributed by atoms with Crippen LogP contribution in [0.2, 0.25) is 0 Å². The summed E-state index contributed by atoms with van der Waals surface area (Å²) in [5.74, 6) is 0. The fraction of sp³-hybridized carbons (Fsp3) is 0.118. The number of fused-ring (bicyclic) bond motifs is 13. The molecule has 0 spiro atoms. The lowest BCUT2D eigenvalue weighted by molar-refractivity contribution is 0.590. The zero-order chi connectivity index (χ0) is 73.1. The summed E-state index contributed by atoms with van der Waals surface area (Å²) in [4.78, 5) is 5.48. The van der Waals surface area contributed by atoms with Gasteiger partial charge in [0.25, 0.3) is 6.71 Å². The zero-order valence-electron chi connectivity index (χ0n) is 62.6. The van der Waals surface area contributed by atoms with Gasteiger partial charge in [-0.05, 0) is 181 Å². The van der Waals surface area contributed by atoms with Crippen molar-refractivity contribution in [2.75, 3.05) is 9.80 Å². The Hall–Kier alpha value is -12.6. The molecule has 3 aromatic heterocycles. The Morgan fingerprint density at radius 2 is 0.509 bits per heavy atom. The maximum atomic E-state index is 2.74. The van der Waals surface area contributed by atoms with Crippen molar-refractivity contribution >= 4 is 123 Å². The van der Waals surface area contributed by atoms with Crippen LogP contribution in [0.1, 0.15) is 79.0 Å². The first-order valence-electron chi connectivity index (χ1n) is 38.2. The van der Waals surface area contributed by atoms with Gasteiger partial charge in [0, 0.05) is 94.4 Å². The highest BCUT2D eigenvalue weighted by atomic mass is 15.2. The third kappa shape index (κ3) is 10.2. The minimum absolute atomic E-state index is 0.197. The predicted octanol–water partition coefficient (Wildman–Crippen LogP) is 25.6. The Bertz CT molecular complexity index is 6490. The van der Waals surface area contributed by atoms with Gasteiger partial charge in [-0.25, -0.2) is 0 Å². The Balaban J connectivity index is 0.965. The van der Waals surface area contributed by atoms with Crippen LogP contribution in [-0.4, -0.2) is 20.4 Å². The second-order valence-electron chi connectivity index (χ2n) is 32.9. The Morgan fingerprint density at radius 1 is 0.222 bits per heavy atom. The van der Waals surface area contributed by atoms with Crippen molar-refractivity contribution in [1.82, 2.24) is 13.7 Å². The number of anilines is 6. The van der Waals surface area contributed by atoms with Crippen LogP contribution in [-0.2, 0) is 16.2 Å². The number of nitrogens with zero attached hydrogens (tertiary/aromatic N) is 5. The predicted molar refractivity (Wildman–Crippen MR) is 461 cm³/mol. The van der Waals surface area contributed by atoms with Crippen LogP contribution >= 0.6 is 0 Å². The Kier molecular flexibility index (Phi) is 14.7. The number of hydrogen-bond donors (Lipinski definition) is 0. The topological polar surface area (TPSA) is 21.3 Å². The zero-order valence-corrected chi connectivity index (χ0v) is 62.6. The second kappa shape index (κ2) is 24.5. The van der Waals surface area contributed by atoms with Gasteiger partial charge in [0.2, 0.25) is 0 Å². The van der Waals surface area contributed by atoms with Gasteiger partial charge < -0.3 is 23.5 Å². The molecule has 0 aliphatic carbocycles. The van der Waals surface area contributed by atoms with Crippen molar-refractivity contribution < 1.29 is 0 Å². The smallest absolute Gasteiger partial charge is 0.252 e. The molecule has 0 N–H and O–H groups in total. The number of hydrogen-bond acceptors (Lipinski definition) is 2. The Morgan fingerprint density at radius 3 is 0.852 bits per heavy atom. The van der Waals surface area contributed by atoms with E-state index in [1.807, 2.05) is 0 Å². The fourth-order valence-corrected chi connectivity index (χ4v) is 17.9. The van der Waals surface area contributed by atoms with E-state index >= 15 is 0 Å². The molecule has 5 nitrogen and oxygen atoms in total. The standard InChI is InChI=1S/C102H82BN5/c1-100(2,3)69-55-79(65-33-15-10-16-34-65)98(80(56-69)66-35-17-11-18-36-66)107-93-61-73(105-87-47-29-25-43-75(87)76-44-26-30-48-88(76)105)51-53-85(93)103-86-54-52-74(106-90-50-32-28-46-78(90)84-63-83-77-45-27-31-49-89(77)104(91(83)64-92(84)106)72-41-23-14-24-42-72)62-94(86)108(96-60-71(102(7,8)9)59-95(107)97(96)103)99-81(67-37-19-12-20-38-67)57-70(101(4,5)6)58-82(99)68-39-21-13-22-40-68/h10-64H,1-9H3. The maximum absolute atomic E-state index is 2.74. The molecule has 0 unspecified atom stereocenters. The number of aromatic nitrogens is 3. The Labute approximate surface area is 632 Å². The van der Waals surface area contributed by atoms with Crippen LogP contribution in [0.4, 0.5) is 34.1 Å². The normalized spacial score (nSPS) is 13.0. The lowest BCUT2D eigenvalue weighted by atomic mass is 9.33. The average molecular weight is 1390 g/mol. The first-order chi connectivity index (χ1) is 52.5. The summed E-state index contributed by atoms with van der Waals surface area (Å²) < 4.78 is 7.53. The molecule has 18 aromatic rings. The molecule has 518 valence electrons. The van der Waals surface area contributed by atoms with E-state index < -0.39 is 0 Å². The van der Waals surface area contributed by atoms with Crippen molar-refractivity contribution in [3.8, 4) is 61.6 Å². The van der Waals surface area contributed by atoms with Crippen molar-refractivity contribution in [2.45, 2.75) is 78.6 Å². The molecule has 2 aliphatic heterocycles. The molecule has 6 heteroatoms. The minimum atomic E-state index is -0.344. The summed E-state index contributed by atoms with van der Waals surface area (Å²) in [6.07, 6.45) is 0. The summed E-state index contributed by atoms with van der Waals surface area (Å²) >= 11 is 0. The number of benzene rings is 15. The van der Waals surface area contributed by atoms with Gasteiger partial charge in [0.15, 0.2) is 0 Å². The van der Waals surface area contributed by atoms with Gasteiger partial charge in [-0.3, -0.25) is 0 Å². The lowest BCUT2D eigenvalue weighted by Crippen LogP contribution is -2.61. The highest BCUT2D eigenvalue weighted by molar-refractivity contribution is 7.00. The van der Waals surface area contributed by atoms with Gasteiger partial charge in [-0.2, -0.15) is 0 Å². The fourth-order valence-electron chi connectivity index (χ4n) is 17.9. The van der Waals surface area contributed by atoms with Crippen LogP contribution in [0, 0.1) is 0 Å². The van der Waals surface area contributed by atoms with Gasteiger partial charge in [0.1, 0.15) is 0 Å². The second-order valence-corrected chi connectivity index (χ2v) is 32.9. The van der Waals surface area contributed by atoms with Crippen LogP contribution in [0.25, 0.3) is 127 Å². The van der Waals surface area contributed by atoms with E-state index in [4.69, 9.17) is 0 Å². The quantitative estimate of drug-likeness (QED) is 0.134. The van der Waals surface area contributed by atoms with E-state index in [1.54, 1.807) is 0 Å². The summed E-state index contributed by atoms with van der Waals surface area (Å²) in [6.45, 7) is 21.1. The van der Waals surface area contributed by atoms with E-state index in [9.17, 15) is 0 Å². The number of rotatable bonds is 9. The molecule has 2 aliphatic rings. The molecule has 0 radical (unpaired) electrons.